The Kier molecular flexibility index (Phi) is 4.34. The van der Waals surface area contributed by atoms with Gasteiger partial charge >= 0.3 is 5.97 Å². The molecule has 1 aliphatic carbocycles. The van der Waals surface area contributed by atoms with Crippen LogP contribution in [0.1, 0.15) is 55.7 Å². The first kappa shape index (κ1) is 15.5. The molecule has 2 N–H and O–H groups in total. The normalized spacial score (nSPS) is 25.6. The van der Waals surface area contributed by atoms with Gasteiger partial charge in [-0.25, -0.2) is 4.79 Å². The lowest BCUT2D eigenvalue weighted by Crippen LogP contribution is -2.57. The fraction of sp³-hybridized carbons (Fsp3) is 0.667. The maximum Gasteiger partial charge on any atom is 0.329 e. The SMILES string of the molecule is CCc1cc(C(=O)NC2(C(=O)O)CCCC(C)C2)n(C)n1. The zero-order chi connectivity index (χ0) is 15.6. The van der Waals surface area contributed by atoms with Crippen LogP contribution in [0.15, 0.2) is 6.07 Å². The number of aromatic nitrogens is 2. The second-order valence-electron chi connectivity index (χ2n) is 6.04. The summed E-state index contributed by atoms with van der Waals surface area (Å²) in [6.07, 6.45) is 3.53. The number of carboxylic acid groups (broad SMARTS) is 1. The maximum atomic E-state index is 12.4. The molecular formula is C15H23N3O3. The average molecular weight is 293 g/mol. The Hall–Kier alpha value is -1.85. The molecule has 2 atom stereocenters. The Morgan fingerprint density at radius 1 is 1.57 bits per heavy atom. The molecule has 0 bridgehead atoms. The van der Waals surface area contributed by atoms with Gasteiger partial charge in [0.2, 0.25) is 0 Å². The minimum absolute atomic E-state index is 0.299. The average Bonchev–Trinajstić information content (AvgIpc) is 2.80. The van der Waals surface area contributed by atoms with Crippen molar-refractivity contribution in [1.82, 2.24) is 15.1 Å². The Balaban J connectivity index is 2.22. The molecule has 1 amide bonds. The van der Waals surface area contributed by atoms with Gasteiger partial charge in [-0.05, 0) is 31.2 Å². The fourth-order valence-corrected chi connectivity index (χ4v) is 3.11. The van der Waals surface area contributed by atoms with Gasteiger partial charge in [-0.1, -0.05) is 26.7 Å². The predicted molar refractivity (Wildman–Crippen MR) is 78.1 cm³/mol. The molecule has 0 aliphatic heterocycles. The monoisotopic (exact) mass is 293 g/mol. The third-order valence-electron chi connectivity index (χ3n) is 4.28. The molecule has 1 fully saturated rings. The molecule has 1 heterocycles. The lowest BCUT2D eigenvalue weighted by molar-refractivity contribution is -0.146. The van der Waals surface area contributed by atoms with E-state index in [0.717, 1.165) is 25.0 Å². The van der Waals surface area contributed by atoms with Crippen molar-refractivity contribution in [3.05, 3.63) is 17.5 Å². The van der Waals surface area contributed by atoms with Crippen molar-refractivity contribution in [1.29, 1.82) is 0 Å². The Morgan fingerprint density at radius 3 is 2.81 bits per heavy atom. The first-order valence-electron chi connectivity index (χ1n) is 7.47. The number of nitrogens with zero attached hydrogens (tertiary/aromatic N) is 2. The van der Waals surface area contributed by atoms with Crippen LogP contribution in [0, 0.1) is 5.92 Å². The number of rotatable bonds is 4. The van der Waals surface area contributed by atoms with Crippen LogP contribution in [0.3, 0.4) is 0 Å². The fourth-order valence-electron chi connectivity index (χ4n) is 3.11. The third-order valence-corrected chi connectivity index (χ3v) is 4.28. The number of amides is 1. The molecule has 2 rings (SSSR count). The van der Waals surface area contributed by atoms with Crippen LogP contribution >= 0.6 is 0 Å². The number of aryl methyl sites for hydroxylation is 2. The van der Waals surface area contributed by atoms with Crippen LogP contribution in [0.4, 0.5) is 0 Å². The third kappa shape index (κ3) is 3.09. The molecule has 1 aromatic heterocycles. The number of aliphatic carboxylic acids is 1. The minimum Gasteiger partial charge on any atom is -0.480 e. The van der Waals surface area contributed by atoms with Gasteiger partial charge in [-0.2, -0.15) is 5.10 Å². The number of hydrogen-bond donors (Lipinski definition) is 2. The van der Waals surface area contributed by atoms with Crippen molar-refractivity contribution in [3.8, 4) is 0 Å². The van der Waals surface area contributed by atoms with Crippen molar-refractivity contribution in [3.63, 3.8) is 0 Å². The molecule has 1 saturated carbocycles. The Morgan fingerprint density at radius 2 is 2.29 bits per heavy atom. The second kappa shape index (κ2) is 5.87. The number of carboxylic acids is 1. The van der Waals surface area contributed by atoms with Crippen molar-refractivity contribution in [2.24, 2.45) is 13.0 Å². The molecule has 0 saturated heterocycles. The minimum atomic E-state index is -1.15. The van der Waals surface area contributed by atoms with Gasteiger partial charge in [0, 0.05) is 7.05 Å². The summed E-state index contributed by atoms with van der Waals surface area (Å²) in [6, 6.07) is 1.72. The number of carbonyl (C=O) groups excluding carboxylic acids is 1. The van der Waals surface area contributed by atoms with Crippen LogP contribution < -0.4 is 5.32 Å². The van der Waals surface area contributed by atoms with Crippen LogP contribution in [-0.2, 0) is 18.3 Å². The first-order valence-corrected chi connectivity index (χ1v) is 7.47. The summed E-state index contributed by atoms with van der Waals surface area (Å²) in [7, 11) is 1.70. The van der Waals surface area contributed by atoms with Gasteiger partial charge in [0.25, 0.3) is 5.91 Å². The summed E-state index contributed by atoms with van der Waals surface area (Å²) in [5.41, 5.74) is 0.0838. The molecule has 0 radical (unpaired) electrons. The Bertz CT molecular complexity index is 552. The van der Waals surface area contributed by atoms with Crippen LogP contribution in [0.25, 0.3) is 0 Å². The summed E-state index contributed by atoms with van der Waals surface area (Å²) in [5.74, 6) is -1.01. The second-order valence-corrected chi connectivity index (χ2v) is 6.04. The molecule has 1 aromatic rings. The molecule has 0 aromatic carbocycles. The molecule has 0 spiro atoms. The molecular weight excluding hydrogens is 270 g/mol. The van der Waals surface area contributed by atoms with Gasteiger partial charge in [-0.3, -0.25) is 9.48 Å². The van der Waals surface area contributed by atoms with Crippen LogP contribution in [0.2, 0.25) is 0 Å². The van der Waals surface area contributed by atoms with Crippen molar-refractivity contribution < 1.29 is 14.7 Å². The predicted octanol–water partition coefficient (Wildman–Crippen LogP) is 1.75. The maximum absolute atomic E-state index is 12.4. The molecule has 116 valence electrons. The number of carbonyl (C=O) groups is 2. The van der Waals surface area contributed by atoms with Gasteiger partial charge in [0.15, 0.2) is 0 Å². The van der Waals surface area contributed by atoms with E-state index >= 15 is 0 Å². The zero-order valence-electron chi connectivity index (χ0n) is 12.8. The van der Waals surface area contributed by atoms with Gasteiger partial charge in [0.1, 0.15) is 11.2 Å². The zero-order valence-corrected chi connectivity index (χ0v) is 12.8. The molecule has 6 nitrogen and oxygen atoms in total. The lowest BCUT2D eigenvalue weighted by atomic mass is 9.76. The van der Waals surface area contributed by atoms with Crippen LogP contribution in [-0.4, -0.2) is 32.3 Å². The molecule has 1 aliphatic rings. The molecule has 21 heavy (non-hydrogen) atoms. The van der Waals surface area contributed by atoms with Crippen molar-refractivity contribution in [2.75, 3.05) is 0 Å². The highest BCUT2D eigenvalue weighted by Crippen LogP contribution is 2.32. The van der Waals surface area contributed by atoms with E-state index in [4.69, 9.17) is 0 Å². The van der Waals surface area contributed by atoms with E-state index in [1.807, 2.05) is 13.8 Å². The standard InChI is InChI=1S/C15H23N3O3/c1-4-11-8-12(18(3)17-11)13(19)16-15(14(20)21)7-5-6-10(2)9-15/h8,10H,4-7,9H2,1-3H3,(H,16,19)(H,20,21). The van der Waals surface area contributed by atoms with E-state index in [2.05, 4.69) is 10.4 Å². The highest BCUT2D eigenvalue weighted by molar-refractivity contribution is 5.96. The summed E-state index contributed by atoms with van der Waals surface area (Å²) in [4.78, 5) is 24.1. The molecule has 6 heteroatoms. The topological polar surface area (TPSA) is 84.2 Å². The van der Waals surface area contributed by atoms with E-state index < -0.39 is 11.5 Å². The smallest absolute Gasteiger partial charge is 0.329 e. The van der Waals surface area contributed by atoms with Gasteiger partial charge in [-0.15, -0.1) is 0 Å². The first-order chi connectivity index (χ1) is 9.88. The highest BCUT2D eigenvalue weighted by atomic mass is 16.4. The lowest BCUT2D eigenvalue weighted by Gasteiger charge is -2.37. The van der Waals surface area contributed by atoms with Crippen molar-refractivity contribution in [2.45, 2.75) is 51.5 Å². The van der Waals surface area contributed by atoms with Gasteiger partial charge in [0.05, 0.1) is 5.69 Å². The van der Waals surface area contributed by atoms with E-state index in [9.17, 15) is 14.7 Å². The van der Waals surface area contributed by atoms with E-state index in [0.29, 0.717) is 24.5 Å². The summed E-state index contributed by atoms with van der Waals surface area (Å²) >= 11 is 0. The van der Waals surface area contributed by atoms with Crippen LogP contribution in [0.5, 0.6) is 0 Å². The number of hydrogen-bond acceptors (Lipinski definition) is 3. The quantitative estimate of drug-likeness (QED) is 0.885. The highest BCUT2D eigenvalue weighted by Gasteiger charge is 2.43. The van der Waals surface area contributed by atoms with Gasteiger partial charge < -0.3 is 10.4 Å². The summed E-state index contributed by atoms with van der Waals surface area (Å²) in [5, 5.41) is 16.6. The number of nitrogens with one attached hydrogen (secondary N) is 1. The summed E-state index contributed by atoms with van der Waals surface area (Å²) < 4.78 is 1.51. The largest absolute Gasteiger partial charge is 0.480 e. The van der Waals surface area contributed by atoms with E-state index in [-0.39, 0.29) is 5.91 Å². The van der Waals surface area contributed by atoms with E-state index in [1.165, 1.54) is 4.68 Å². The summed E-state index contributed by atoms with van der Waals surface area (Å²) in [6.45, 7) is 3.99. The molecule has 2 unspecified atom stereocenters. The van der Waals surface area contributed by atoms with Crippen molar-refractivity contribution >= 4 is 11.9 Å². The Labute approximate surface area is 124 Å². The van der Waals surface area contributed by atoms with E-state index in [1.54, 1.807) is 13.1 Å².